The average Bonchev–Trinajstić information content (AvgIpc) is 2.83. The fourth-order valence-corrected chi connectivity index (χ4v) is 4.48. The van der Waals surface area contributed by atoms with Crippen LogP contribution in [0.4, 0.5) is 0 Å². The van der Waals surface area contributed by atoms with Gasteiger partial charge in [-0.3, -0.25) is 0 Å². The van der Waals surface area contributed by atoms with Gasteiger partial charge in [-0.25, -0.2) is 4.79 Å². The van der Waals surface area contributed by atoms with Crippen LogP contribution in [0.3, 0.4) is 0 Å². The average molecular weight is 463 g/mol. The topological polar surface area (TPSA) is 26.3 Å². The van der Waals surface area contributed by atoms with Crippen LogP contribution in [0.15, 0.2) is 72.8 Å². The van der Waals surface area contributed by atoms with Gasteiger partial charge in [0.1, 0.15) is 0 Å². The number of carbonyl (C=O) groups excluding carboxylic acids is 1. The molecule has 0 unspecified atom stereocenters. The summed E-state index contributed by atoms with van der Waals surface area (Å²) < 4.78 is 5.06. The maximum atomic E-state index is 11.9. The van der Waals surface area contributed by atoms with Gasteiger partial charge in [-0.2, -0.15) is 0 Å². The van der Waals surface area contributed by atoms with Crippen LogP contribution >= 0.6 is 0 Å². The Labute approximate surface area is 210 Å². The summed E-state index contributed by atoms with van der Waals surface area (Å²) in [5.74, 6) is 6.26. The smallest absolute Gasteiger partial charge is 0.338 e. The maximum absolute atomic E-state index is 11.9. The van der Waals surface area contributed by atoms with Gasteiger partial charge < -0.3 is 4.74 Å². The fourth-order valence-electron chi connectivity index (χ4n) is 4.48. The maximum Gasteiger partial charge on any atom is 0.338 e. The fraction of sp³-hybridized carbons (Fsp3) is 0.303. The molecule has 1 aliphatic carbocycles. The van der Waals surface area contributed by atoms with E-state index in [1.807, 2.05) is 12.1 Å². The molecule has 178 valence electrons. The molecule has 0 radical (unpaired) electrons. The quantitative estimate of drug-likeness (QED) is 0.295. The zero-order chi connectivity index (χ0) is 25.2. The first-order valence-corrected chi connectivity index (χ1v) is 12.3. The molecule has 0 bridgehead atoms. The highest BCUT2D eigenvalue weighted by atomic mass is 16.5. The standard InChI is InChI=1S/C33H34O2/c1-7-35-31(34)26-13-10-23(11-14-26)8-9-24-12-19-30-29(22-24)28(20-21-33(30,5)6)25-15-17-27(18-16-25)32(2,3)4/h10-20,22H,7,21H2,1-6H3. The van der Waals surface area contributed by atoms with Crippen molar-refractivity contribution in [1.29, 1.82) is 0 Å². The number of benzene rings is 3. The van der Waals surface area contributed by atoms with Crippen molar-refractivity contribution in [3.05, 3.63) is 112 Å². The predicted molar refractivity (Wildman–Crippen MR) is 145 cm³/mol. The second-order valence-electron chi connectivity index (χ2n) is 10.8. The highest BCUT2D eigenvalue weighted by molar-refractivity contribution is 5.89. The van der Waals surface area contributed by atoms with Gasteiger partial charge in [0.15, 0.2) is 0 Å². The third kappa shape index (κ3) is 5.41. The lowest BCUT2D eigenvalue weighted by atomic mass is 9.71. The molecule has 0 aliphatic heterocycles. The predicted octanol–water partition coefficient (Wildman–Crippen LogP) is 7.67. The number of ether oxygens (including phenoxy) is 1. The summed E-state index contributed by atoms with van der Waals surface area (Å²) in [6.07, 6.45) is 3.38. The van der Waals surface area contributed by atoms with E-state index in [2.05, 4.69) is 95.0 Å². The lowest BCUT2D eigenvalue weighted by Crippen LogP contribution is -2.22. The Balaban J connectivity index is 1.66. The van der Waals surface area contributed by atoms with Crippen LogP contribution in [0.1, 0.15) is 91.7 Å². The van der Waals surface area contributed by atoms with Crippen molar-refractivity contribution in [2.24, 2.45) is 0 Å². The van der Waals surface area contributed by atoms with E-state index in [1.165, 1.54) is 27.8 Å². The number of fused-ring (bicyclic) bond motifs is 1. The number of hydrogen-bond donors (Lipinski definition) is 0. The highest BCUT2D eigenvalue weighted by Crippen LogP contribution is 2.42. The molecule has 0 fully saturated rings. The first kappa shape index (κ1) is 24.6. The Bertz CT molecular complexity index is 1320. The molecule has 0 aromatic heterocycles. The van der Waals surface area contributed by atoms with E-state index in [0.717, 1.165) is 17.5 Å². The van der Waals surface area contributed by atoms with Gasteiger partial charge in [0.05, 0.1) is 12.2 Å². The van der Waals surface area contributed by atoms with E-state index < -0.39 is 0 Å². The van der Waals surface area contributed by atoms with Crippen LogP contribution in [0.25, 0.3) is 5.57 Å². The zero-order valence-corrected chi connectivity index (χ0v) is 21.7. The Morgan fingerprint density at radius 2 is 1.54 bits per heavy atom. The van der Waals surface area contributed by atoms with Crippen molar-refractivity contribution in [3.8, 4) is 11.8 Å². The molecule has 2 nitrogen and oxygen atoms in total. The summed E-state index contributed by atoms with van der Waals surface area (Å²) in [6, 6.07) is 22.8. The molecule has 0 amide bonds. The minimum absolute atomic E-state index is 0.0824. The van der Waals surface area contributed by atoms with E-state index in [0.29, 0.717) is 12.2 Å². The van der Waals surface area contributed by atoms with Gasteiger partial charge in [0.25, 0.3) is 0 Å². The summed E-state index contributed by atoms with van der Waals surface area (Å²) in [4.78, 5) is 11.9. The van der Waals surface area contributed by atoms with Gasteiger partial charge in [0, 0.05) is 11.1 Å². The monoisotopic (exact) mass is 462 g/mol. The highest BCUT2D eigenvalue weighted by Gasteiger charge is 2.28. The van der Waals surface area contributed by atoms with E-state index >= 15 is 0 Å². The van der Waals surface area contributed by atoms with Crippen molar-refractivity contribution in [1.82, 2.24) is 0 Å². The number of hydrogen-bond acceptors (Lipinski definition) is 2. The number of rotatable bonds is 3. The molecule has 3 aromatic rings. The summed E-state index contributed by atoms with van der Waals surface area (Å²) in [5, 5.41) is 0. The van der Waals surface area contributed by atoms with Crippen LogP contribution in [0, 0.1) is 11.8 Å². The van der Waals surface area contributed by atoms with Crippen molar-refractivity contribution in [3.63, 3.8) is 0 Å². The minimum atomic E-state index is -0.306. The molecule has 0 saturated carbocycles. The summed E-state index contributed by atoms with van der Waals surface area (Å²) in [5.41, 5.74) is 9.09. The van der Waals surface area contributed by atoms with Crippen molar-refractivity contribution < 1.29 is 9.53 Å². The van der Waals surface area contributed by atoms with Crippen LogP contribution < -0.4 is 0 Å². The molecule has 0 heterocycles. The van der Waals surface area contributed by atoms with E-state index in [4.69, 9.17) is 4.74 Å². The SMILES string of the molecule is CCOC(=O)c1ccc(C#Cc2ccc3c(c2)C(c2ccc(C(C)(C)C)cc2)=CCC3(C)C)cc1. The molecule has 0 saturated heterocycles. The minimum Gasteiger partial charge on any atom is -0.462 e. The molecular formula is C33H34O2. The molecule has 4 rings (SSSR count). The molecule has 1 aliphatic rings. The van der Waals surface area contributed by atoms with Gasteiger partial charge >= 0.3 is 5.97 Å². The molecule has 0 N–H and O–H groups in total. The first-order chi connectivity index (χ1) is 16.6. The molecule has 0 spiro atoms. The molecule has 0 atom stereocenters. The van der Waals surface area contributed by atoms with E-state index in [9.17, 15) is 4.79 Å². The second-order valence-corrected chi connectivity index (χ2v) is 10.8. The summed E-state index contributed by atoms with van der Waals surface area (Å²) >= 11 is 0. The zero-order valence-electron chi connectivity index (χ0n) is 21.7. The van der Waals surface area contributed by atoms with E-state index in [-0.39, 0.29) is 16.8 Å². The van der Waals surface area contributed by atoms with Gasteiger partial charge in [-0.05, 0) is 88.4 Å². The number of esters is 1. The van der Waals surface area contributed by atoms with Crippen LogP contribution in [-0.2, 0) is 15.6 Å². The first-order valence-electron chi connectivity index (χ1n) is 12.3. The summed E-state index contributed by atoms with van der Waals surface area (Å²) in [7, 11) is 0. The van der Waals surface area contributed by atoms with Crippen molar-refractivity contribution in [2.75, 3.05) is 6.61 Å². The van der Waals surface area contributed by atoms with Gasteiger partial charge in [0.2, 0.25) is 0 Å². The number of allylic oxidation sites excluding steroid dienone is 1. The summed E-state index contributed by atoms with van der Waals surface area (Å²) in [6.45, 7) is 13.5. The van der Waals surface area contributed by atoms with Crippen LogP contribution in [0.2, 0.25) is 0 Å². The largest absolute Gasteiger partial charge is 0.462 e. The van der Waals surface area contributed by atoms with Crippen molar-refractivity contribution in [2.45, 2.75) is 58.8 Å². The van der Waals surface area contributed by atoms with Gasteiger partial charge in [-0.1, -0.05) is 82.9 Å². The van der Waals surface area contributed by atoms with Crippen LogP contribution in [0.5, 0.6) is 0 Å². The van der Waals surface area contributed by atoms with Gasteiger partial charge in [-0.15, -0.1) is 0 Å². The van der Waals surface area contributed by atoms with Crippen molar-refractivity contribution >= 4 is 11.5 Å². The molecule has 35 heavy (non-hydrogen) atoms. The molecule has 3 aromatic carbocycles. The Morgan fingerprint density at radius 1 is 0.914 bits per heavy atom. The third-order valence-corrected chi connectivity index (χ3v) is 6.66. The third-order valence-electron chi connectivity index (χ3n) is 6.66. The lowest BCUT2D eigenvalue weighted by Gasteiger charge is -2.32. The second kappa shape index (κ2) is 9.59. The normalized spacial score (nSPS) is 14.3. The lowest BCUT2D eigenvalue weighted by molar-refractivity contribution is 0.0526. The molecule has 2 heteroatoms. The number of carbonyl (C=O) groups is 1. The molecular weight excluding hydrogens is 428 g/mol. The Morgan fingerprint density at radius 3 is 2.17 bits per heavy atom. The Hall–Kier alpha value is -3.57. The Kier molecular flexibility index (Phi) is 6.73. The van der Waals surface area contributed by atoms with E-state index in [1.54, 1.807) is 19.1 Å². The van der Waals surface area contributed by atoms with Crippen LogP contribution in [-0.4, -0.2) is 12.6 Å².